The second kappa shape index (κ2) is 8.52. The molecule has 7 heteroatoms. The van der Waals surface area contributed by atoms with Crippen molar-refractivity contribution >= 4 is 18.1 Å². The summed E-state index contributed by atoms with van der Waals surface area (Å²) < 4.78 is 15.5. The molecule has 4 rings (SSSR count). The number of aromatic amines is 1. The first-order valence-corrected chi connectivity index (χ1v) is 10.6. The predicted octanol–water partition coefficient (Wildman–Crippen LogP) is 4.68. The van der Waals surface area contributed by atoms with Gasteiger partial charge in [-0.3, -0.25) is 14.5 Å². The van der Waals surface area contributed by atoms with Gasteiger partial charge >= 0.3 is 0 Å². The minimum absolute atomic E-state index is 0.0953. The zero-order chi connectivity index (χ0) is 21.1. The highest BCUT2D eigenvalue weighted by Gasteiger charge is 2.36. The highest BCUT2D eigenvalue weighted by molar-refractivity contribution is 7.71. The van der Waals surface area contributed by atoms with Gasteiger partial charge in [-0.1, -0.05) is 54.8 Å². The van der Waals surface area contributed by atoms with Gasteiger partial charge in [-0.25, -0.2) is 4.39 Å². The SMILES string of the molecule is Cc1ccc(-c2n[nH]c(=S)n2CC(=O)NCC2(c3ccc(F)cc3)CCCC2)cc1. The third-order valence-corrected chi connectivity index (χ3v) is 6.32. The third kappa shape index (κ3) is 4.21. The van der Waals surface area contributed by atoms with Gasteiger partial charge in [0, 0.05) is 17.5 Å². The number of aromatic nitrogens is 3. The summed E-state index contributed by atoms with van der Waals surface area (Å²) in [7, 11) is 0. The monoisotopic (exact) mass is 424 g/mol. The molecule has 30 heavy (non-hydrogen) atoms. The van der Waals surface area contributed by atoms with Crippen LogP contribution in [-0.4, -0.2) is 27.2 Å². The fourth-order valence-electron chi connectivity index (χ4n) is 4.28. The first-order valence-electron chi connectivity index (χ1n) is 10.2. The molecule has 1 saturated carbocycles. The minimum atomic E-state index is -0.242. The van der Waals surface area contributed by atoms with Crippen molar-refractivity contribution in [3.05, 3.63) is 70.2 Å². The van der Waals surface area contributed by atoms with E-state index in [9.17, 15) is 9.18 Å². The maximum Gasteiger partial charge on any atom is 0.240 e. The lowest BCUT2D eigenvalue weighted by atomic mass is 9.79. The second-order valence-electron chi connectivity index (χ2n) is 8.08. The molecule has 0 bridgehead atoms. The number of H-pyrrole nitrogens is 1. The van der Waals surface area contributed by atoms with Crippen LogP contribution < -0.4 is 5.32 Å². The van der Waals surface area contributed by atoms with Crippen LogP contribution in [0.15, 0.2) is 48.5 Å². The van der Waals surface area contributed by atoms with Gasteiger partial charge in [-0.15, -0.1) is 0 Å². The molecule has 1 aliphatic rings. The number of nitrogens with zero attached hydrogens (tertiary/aromatic N) is 2. The Morgan fingerprint density at radius 2 is 1.83 bits per heavy atom. The van der Waals surface area contributed by atoms with E-state index < -0.39 is 0 Å². The van der Waals surface area contributed by atoms with Crippen LogP contribution in [0, 0.1) is 17.5 Å². The van der Waals surface area contributed by atoms with Crippen molar-refractivity contribution in [3.63, 3.8) is 0 Å². The quantitative estimate of drug-likeness (QED) is 0.565. The van der Waals surface area contributed by atoms with Gasteiger partial charge in [-0.2, -0.15) is 5.10 Å². The fourth-order valence-corrected chi connectivity index (χ4v) is 4.47. The van der Waals surface area contributed by atoms with Gasteiger partial charge in [0.05, 0.1) is 0 Å². The highest BCUT2D eigenvalue weighted by Crippen LogP contribution is 2.40. The second-order valence-corrected chi connectivity index (χ2v) is 8.46. The topological polar surface area (TPSA) is 62.7 Å². The Morgan fingerprint density at radius 1 is 1.17 bits per heavy atom. The molecule has 2 aromatic carbocycles. The van der Waals surface area contributed by atoms with Crippen molar-refractivity contribution in [2.45, 2.75) is 44.6 Å². The van der Waals surface area contributed by atoms with Crippen LogP contribution in [0.5, 0.6) is 0 Å². The van der Waals surface area contributed by atoms with Crippen molar-refractivity contribution in [3.8, 4) is 11.4 Å². The first-order chi connectivity index (χ1) is 14.5. The summed E-state index contributed by atoms with van der Waals surface area (Å²) in [6.45, 7) is 2.65. The molecular weight excluding hydrogens is 399 g/mol. The predicted molar refractivity (Wildman–Crippen MR) is 117 cm³/mol. The molecule has 0 saturated heterocycles. The molecule has 0 radical (unpaired) electrons. The molecule has 0 unspecified atom stereocenters. The van der Waals surface area contributed by atoms with E-state index in [0.29, 0.717) is 17.1 Å². The molecule has 156 valence electrons. The van der Waals surface area contributed by atoms with Gasteiger partial charge in [-0.05, 0) is 49.7 Å². The number of carbonyl (C=O) groups is 1. The molecule has 2 N–H and O–H groups in total. The smallest absolute Gasteiger partial charge is 0.240 e. The average Bonchev–Trinajstić information content (AvgIpc) is 3.36. The number of nitrogens with one attached hydrogen (secondary N) is 2. The van der Waals surface area contributed by atoms with E-state index in [1.807, 2.05) is 43.3 Å². The Bertz CT molecular complexity index is 1080. The van der Waals surface area contributed by atoms with Crippen LogP contribution >= 0.6 is 12.2 Å². The Morgan fingerprint density at radius 3 is 2.50 bits per heavy atom. The van der Waals surface area contributed by atoms with Gasteiger partial charge in [0.1, 0.15) is 12.4 Å². The van der Waals surface area contributed by atoms with Crippen LogP contribution in [0.2, 0.25) is 0 Å². The minimum Gasteiger partial charge on any atom is -0.354 e. The molecule has 0 spiro atoms. The van der Waals surface area contributed by atoms with E-state index in [1.54, 1.807) is 4.57 Å². The van der Waals surface area contributed by atoms with Crippen LogP contribution in [0.3, 0.4) is 0 Å². The van der Waals surface area contributed by atoms with E-state index in [4.69, 9.17) is 12.2 Å². The Kier molecular flexibility index (Phi) is 5.81. The molecule has 0 aliphatic heterocycles. The van der Waals surface area contributed by atoms with Crippen molar-refractivity contribution in [1.29, 1.82) is 0 Å². The number of benzene rings is 2. The average molecular weight is 425 g/mol. The summed E-state index contributed by atoms with van der Waals surface area (Å²) in [6, 6.07) is 14.6. The van der Waals surface area contributed by atoms with Gasteiger partial charge in [0.2, 0.25) is 5.91 Å². The number of aryl methyl sites for hydroxylation is 1. The zero-order valence-electron chi connectivity index (χ0n) is 17.0. The number of rotatable bonds is 6. The first kappa shape index (κ1) is 20.5. The van der Waals surface area contributed by atoms with E-state index in [-0.39, 0.29) is 23.7 Å². The fraction of sp³-hybridized carbons (Fsp3) is 0.348. The van der Waals surface area contributed by atoms with E-state index >= 15 is 0 Å². The van der Waals surface area contributed by atoms with E-state index in [0.717, 1.165) is 42.4 Å². The van der Waals surface area contributed by atoms with Crippen LogP contribution in [0.4, 0.5) is 4.39 Å². The normalized spacial score (nSPS) is 15.3. The standard InChI is InChI=1S/C23H25FN4OS/c1-16-4-6-17(7-5-16)21-26-27-22(30)28(21)14-20(29)25-15-23(12-2-3-13-23)18-8-10-19(24)11-9-18/h4-11H,2-3,12-15H2,1H3,(H,25,29)(H,27,30). The Hall–Kier alpha value is -2.80. The summed E-state index contributed by atoms with van der Waals surface area (Å²) in [5.41, 5.74) is 3.00. The lowest BCUT2D eigenvalue weighted by Gasteiger charge is -2.30. The van der Waals surface area contributed by atoms with Gasteiger partial charge in [0.25, 0.3) is 0 Å². The number of carbonyl (C=O) groups excluding carboxylic acids is 1. The summed E-state index contributed by atoms with van der Waals surface area (Å²) in [5, 5.41) is 10.2. The van der Waals surface area contributed by atoms with Crippen molar-refractivity contribution < 1.29 is 9.18 Å². The van der Waals surface area contributed by atoms with Crippen LogP contribution in [-0.2, 0) is 16.8 Å². The van der Waals surface area contributed by atoms with Crippen LogP contribution in [0.25, 0.3) is 11.4 Å². The molecular formula is C23H25FN4OS. The molecule has 1 fully saturated rings. The van der Waals surface area contributed by atoms with Crippen molar-refractivity contribution in [1.82, 2.24) is 20.1 Å². The van der Waals surface area contributed by atoms with E-state index in [1.165, 1.54) is 12.1 Å². The molecule has 1 amide bonds. The number of amides is 1. The lowest BCUT2D eigenvalue weighted by molar-refractivity contribution is -0.121. The molecule has 5 nitrogen and oxygen atoms in total. The molecule has 1 aliphatic carbocycles. The molecule has 0 atom stereocenters. The summed E-state index contributed by atoms with van der Waals surface area (Å²) in [6.07, 6.45) is 4.19. The van der Waals surface area contributed by atoms with Crippen molar-refractivity contribution in [2.75, 3.05) is 6.54 Å². The number of hydrogen-bond acceptors (Lipinski definition) is 3. The number of halogens is 1. The Labute approximate surface area is 180 Å². The summed E-state index contributed by atoms with van der Waals surface area (Å²) >= 11 is 5.35. The highest BCUT2D eigenvalue weighted by atomic mass is 32.1. The largest absolute Gasteiger partial charge is 0.354 e. The van der Waals surface area contributed by atoms with Crippen molar-refractivity contribution in [2.24, 2.45) is 0 Å². The Balaban J connectivity index is 1.49. The summed E-state index contributed by atoms with van der Waals surface area (Å²) in [4.78, 5) is 12.8. The maximum absolute atomic E-state index is 13.4. The zero-order valence-corrected chi connectivity index (χ0v) is 17.8. The number of hydrogen-bond donors (Lipinski definition) is 2. The third-order valence-electron chi connectivity index (χ3n) is 6.01. The van der Waals surface area contributed by atoms with Gasteiger partial charge in [0.15, 0.2) is 10.6 Å². The van der Waals surface area contributed by atoms with Crippen LogP contribution in [0.1, 0.15) is 36.8 Å². The van der Waals surface area contributed by atoms with E-state index in [2.05, 4.69) is 15.5 Å². The summed E-state index contributed by atoms with van der Waals surface area (Å²) in [5.74, 6) is 0.285. The maximum atomic E-state index is 13.4. The molecule has 3 aromatic rings. The molecule has 1 heterocycles. The molecule has 1 aromatic heterocycles. The van der Waals surface area contributed by atoms with Gasteiger partial charge < -0.3 is 5.32 Å². The lowest BCUT2D eigenvalue weighted by Crippen LogP contribution is -2.40.